The fourth-order valence-electron chi connectivity index (χ4n) is 2.14. The summed E-state index contributed by atoms with van der Waals surface area (Å²) in [7, 11) is 0. The number of morpholine rings is 1. The van der Waals surface area contributed by atoms with Crippen molar-refractivity contribution in [3.8, 4) is 0 Å². The topological polar surface area (TPSA) is 58.8 Å². The largest absolute Gasteiger partial charge is 0.373 e. The van der Waals surface area contributed by atoms with Crippen LogP contribution in [0.3, 0.4) is 0 Å². The number of carbonyl (C=O) groups excluding carboxylic acids is 1. The van der Waals surface area contributed by atoms with Gasteiger partial charge in [-0.1, -0.05) is 0 Å². The molecule has 1 unspecified atom stereocenters. The van der Waals surface area contributed by atoms with Gasteiger partial charge in [-0.3, -0.25) is 0 Å². The normalized spacial score (nSPS) is 27.1. The number of likely N-dealkylation sites (tertiary alicyclic amines) is 1. The molecule has 2 aliphatic rings. The second-order valence-corrected chi connectivity index (χ2v) is 4.15. The maximum Gasteiger partial charge on any atom is 0.320 e. The fraction of sp³-hybridized carbons (Fsp3) is 0.900. The minimum absolute atomic E-state index is 0.0188. The summed E-state index contributed by atoms with van der Waals surface area (Å²) in [6, 6.07) is 0.161. The summed E-state index contributed by atoms with van der Waals surface area (Å²) in [5, 5.41) is 0. The van der Waals surface area contributed by atoms with Gasteiger partial charge in [0.15, 0.2) is 0 Å². The van der Waals surface area contributed by atoms with E-state index in [2.05, 4.69) is 0 Å². The zero-order valence-corrected chi connectivity index (χ0v) is 9.02. The number of ether oxygens (including phenoxy) is 1. The van der Waals surface area contributed by atoms with Gasteiger partial charge in [-0.2, -0.15) is 0 Å². The lowest BCUT2D eigenvalue weighted by molar-refractivity contribution is -0.0131. The molecular formula is C10H19N3O2. The second kappa shape index (κ2) is 4.81. The van der Waals surface area contributed by atoms with Gasteiger partial charge >= 0.3 is 6.03 Å². The molecule has 0 bridgehead atoms. The Hall–Kier alpha value is -0.810. The molecule has 0 saturated carbocycles. The Morgan fingerprint density at radius 3 is 2.67 bits per heavy atom. The van der Waals surface area contributed by atoms with Crippen molar-refractivity contribution in [2.24, 2.45) is 5.73 Å². The van der Waals surface area contributed by atoms with Gasteiger partial charge in [0.25, 0.3) is 0 Å². The van der Waals surface area contributed by atoms with Crippen LogP contribution in [0, 0.1) is 0 Å². The Morgan fingerprint density at radius 1 is 1.27 bits per heavy atom. The van der Waals surface area contributed by atoms with Crippen molar-refractivity contribution < 1.29 is 9.53 Å². The molecule has 0 aromatic carbocycles. The lowest BCUT2D eigenvalue weighted by atomic mass is 10.3. The first-order valence-corrected chi connectivity index (χ1v) is 5.67. The van der Waals surface area contributed by atoms with Crippen LogP contribution in [0.4, 0.5) is 4.79 Å². The van der Waals surface area contributed by atoms with Crippen molar-refractivity contribution in [1.29, 1.82) is 0 Å². The van der Waals surface area contributed by atoms with Gasteiger partial charge in [0.2, 0.25) is 0 Å². The highest BCUT2D eigenvalue weighted by molar-refractivity contribution is 5.74. The lowest BCUT2D eigenvalue weighted by Gasteiger charge is -2.34. The van der Waals surface area contributed by atoms with Crippen LogP contribution < -0.4 is 5.73 Å². The number of nitrogens with zero attached hydrogens (tertiary/aromatic N) is 2. The molecule has 0 aromatic heterocycles. The van der Waals surface area contributed by atoms with E-state index in [1.54, 1.807) is 0 Å². The highest BCUT2D eigenvalue weighted by atomic mass is 16.5. The van der Waals surface area contributed by atoms with Crippen LogP contribution in [0.5, 0.6) is 0 Å². The molecule has 15 heavy (non-hydrogen) atoms. The third kappa shape index (κ3) is 2.41. The van der Waals surface area contributed by atoms with Crippen molar-refractivity contribution in [3.63, 3.8) is 0 Å². The SMILES string of the molecule is NCC1CN(C(=O)N2CCCC2)CCO1. The molecule has 0 aliphatic carbocycles. The van der Waals surface area contributed by atoms with Gasteiger partial charge in [-0.25, -0.2) is 4.79 Å². The van der Waals surface area contributed by atoms with Gasteiger partial charge in [0.05, 0.1) is 12.7 Å². The third-order valence-electron chi connectivity index (χ3n) is 3.05. The zero-order valence-electron chi connectivity index (χ0n) is 9.02. The molecule has 2 aliphatic heterocycles. The number of rotatable bonds is 1. The Bertz CT molecular complexity index is 229. The van der Waals surface area contributed by atoms with Gasteiger partial charge in [0, 0.05) is 32.7 Å². The zero-order chi connectivity index (χ0) is 10.7. The van der Waals surface area contributed by atoms with Crippen LogP contribution in [0.1, 0.15) is 12.8 Å². The molecule has 86 valence electrons. The summed E-state index contributed by atoms with van der Waals surface area (Å²) < 4.78 is 5.43. The van der Waals surface area contributed by atoms with E-state index in [1.165, 1.54) is 0 Å². The van der Waals surface area contributed by atoms with Crippen molar-refractivity contribution in [2.75, 3.05) is 39.3 Å². The van der Waals surface area contributed by atoms with E-state index >= 15 is 0 Å². The van der Waals surface area contributed by atoms with Gasteiger partial charge in [0.1, 0.15) is 0 Å². The predicted octanol–water partition coefficient (Wildman–Crippen LogP) is -0.138. The van der Waals surface area contributed by atoms with Crippen LogP contribution in [0.15, 0.2) is 0 Å². The first kappa shape index (κ1) is 10.7. The first-order chi connectivity index (χ1) is 7.31. The molecule has 0 radical (unpaired) electrons. The molecule has 1 atom stereocenters. The molecule has 0 spiro atoms. The van der Waals surface area contributed by atoms with Gasteiger partial charge < -0.3 is 20.3 Å². The van der Waals surface area contributed by atoms with Crippen molar-refractivity contribution in [2.45, 2.75) is 18.9 Å². The van der Waals surface area contributed by atoms with Crippen LogP contribution in [-0.2, 0) is 4.74 Å². The minimum Gasteiger partial charge on any atom is -0.373 e. The van der Waals surface area contributed by atoms with Gasteiger partial charge in [-0.05, 0) is 12.8 Å². The Balaban J connectivity index is 1.88. The first-order valence-electron chi connectivity index (χ1n) is 5.67. The monoisotopic (exact) mass is 213 g/mol. The number of nitrogens with two attached hydrogens (primary N) is 1. The van der Waals surface area contributed by atoms with E-state index in [0.29, 0.717) is 26.2 Å². The van der Waals surface area contributed by atoms with E-state index in [4.69, 9.17) is 10.5 Å². The molecule has 2 rings (SSSR count). The average molecular weight is 213 g/mol. The number of urea groups is 1. The maximum absolute atomic E-state index is 12.0. The molecule has 2 saturated heterocycles. The Morgan fingerprint density at radius 2 is 2.00 bits per heavy atom. The number of carbonyl (C=O) groups is 1. The molecule has 2 amide bonds. The maximum atomic E-state index is 12.0. The average Bonchev–Trinajstić information content (AvgIpc) is 2.81. The number of hydrogen-bond acceptors (Lipinski definition) is 3. The standard InChI is InChI=1S/C10H19N3O2/c11-7-9-8-13(5-6-15-9)10(14)12-3-1-2-4-12/h9H,1-8,11H2. The van der Waals surface area contributed by atoms with E-state index in [9.17, 15) is 4.79 Å². The summed E-state index contributed by atoms with van der Waals surface area (Å²) in [4.78, 5) is 15.8. The van der Waals surface area contributed by atoms with E-state index < -0.39 is 0 Å². The van der Waals surface area contributed by atoms with E-state index in [0.717, 1.165) is 25.9 Å². The molecule has 2 heterocycles. The van der Waals surface area contributed by atoms with Gasteiger partial charge in [-0.15, -0.1) is 0 Å². The van der Waals surface area contributed by atoms with E-state index in [-0.39, 0.29) is 12.1 Å². The molecular weight excluding hydrogens is 194 g/mol. The van der Waals surface area contributed by atoms with Crippen molar-refractivity contribution >= 4 is 6.03 Å². The predicted molar refractivity (Wildman–Crippen MR) is 56.6 cm³/mol. The number of hydrogen-bond donors (Lipinski definition) is 1. The summed E-state index contributed by atoms with van der Waals surface area (Å²) in [5.74, 6) is 0. The second-order valence-electron chi connectivity index (χ2n) is 4.15. The molecule has 2 fully saturated rings. The quantitative estimate of drug-likeness (QED) is 0.659. The van der Waals surface area contributed by atoms with Crippen LogP contribution in [0.2, 0.25) is 0 Å². The summed E-state index contributed by atoms with van der Waals surface area (Å²) >= 11 is 0. The van der Waals surface area contributed by atoms with Crippen LogP contribution in [-0.4, -0.2) is 61.3 Å². The molecule has 2 N–H and O–H groups in total. The molecule has 5 nitrogen and oxygen atoms in total. The molecule has 5 heteroatoms. The highest BCUT2D eigenvalue weighted by Crippen LogP contribution is 2.13. The smallest absolute Gasteiger partial charge is 0.320 e. The van der Waals surface area contributed by atoms with Crippen LogP contribution >= 0.6 is 0 Å². The number of amides is 2. The van der Waals surface area contributed by atoms with Crippen molar-refractivity contribution in [3.05, 3.63) is 0 Å². The fourth-order valence-corrected chi connectivity index (χ4v) is 2.14. The Kier molecular flexibility index (Phi) is 3.43. The van der Waals surface area contributed by atoms with Crippen molar-refractivity contribution in [1.82, 2.24) is 9.80 Å². The lowest BCUT2D eigenvalue weighted by Crippen LogP contribution is -2.52. The minimum atomic E-state index is 0.0188. The summed E-state index contributed by atoms with van der Waals surface area (Å²) in [6.07, 6.45) is 2.29. The summed E-state index contributed by atoms with van der Waals surface area (Å²) in [5.41, 5.74) is 5.54. The molecule has 0 aromatic rings. The third-order valence-corrected chi connectivity index (χ3v) is 3.05. The Labute approximate surface area is 90.1 Å². The van der Waals surface area contributed by atoms with Crippen LogP contribution in [0.25, 0.3) is 0 Å². The summed E-state index contributed by atoms with van der Waals surface area (Å²) in [6.45, 7) is 4.26. The highest BCUT2D eigenvalue weighted by Gasteiger charge is 2.28. The van der Waals surface area contributed by atoms with E-state index in [1.807, 2.05) is 9.80 Å².